The third-order valence-corrected chi connectivity index (χ3v) is 2.74. The highest BCUT2D eigenvalue weighted by Gasteiger charge is 2.09. The van der Waals surface area contributed by atoms with Crippen molar-refractivity contribution in [3.63, 3.8) is 0 Å². The molecule has 2 aromatic carbocycles. The molecule has 2 aromatic rings. The third-order valence-electron chi connectivity index (χ3n) is 2.52. The summed E-state index contributed by atoms with van der Waals surface area (Å²) in [6, 6.07) is 10.0. The van der Waals surface area contributed by atoms with Crippen LogP contribution in [0.3, 0.4) is 0 Å². The van der Waals surface area contributed by atoms with Crippen LogP contribution < -0.4 is 15.8 Å². The normalized spacial score (nSPS) is 10.5. The first-order chi connectivity index (χ1) is 9.94. The van der Waals surface area contributed by atoms with Gasteiger partial charge in [-0.1, -0.05) is 11.6 Å². The lowest BCUT2D eigenvalue weighted by Gasteiger charge is -2.08. The number of halogens is 3. The molecule has 0 aliphatic heterocycles. The molecule has 0 aliphatic rings. The van der Waals surface area contributed by atoms with Crippen LogP contribution in [0, 0.1) is 0 Å². The average Bonchev–Trinajstić information content (AvgIpc) is 2.39. The van der Waals surface area contributed by atoms with Gasteiger partial charge in [0.2, 0.25) is 0 Å². The van der Waals surface area contributed by atoms with Gasteiger partial charge in [0.05, 0.1) is 0 Å². The average molecular weight is 313 g/mol. The molecule has 0 aromatic heterocycles. The van der Waals surface area contributed by atoms with E-state index in [1.807, 2.05) is 0 Å². The van der Waals surface area contributed by atoms with Gasteiger partial charge in [0.1, 0.15) is 5.75 Å². The number of hydrogen-bond acceptors (Lipinski definition) is 3. The van der Waals surface area contributed by atoms with Crippen molar-refractivity contribution in [2.75, 3.05) is 11.1 Å². The van der Waals surface area contributed by atoms with E-state index in [2.05, 4.69) is 10.1 Å². The van der Waals surface area contributed by atoms with Crippen molar-refractivity contribution in [3.05, 3.63) is 53.1 Å². The van der Waals surface area contributed by atoms with Gasteiger partial charge in [-0.15, -0.1) is 0 Å². The fraction of sp³-hybridized carbons (Fsp3) is 0.0714. The third kappa shape index (κ3) is 4.32. The van der Waals surface area contributed by atoms with Crippen LogP contribution in [-0.2, 0) is 0 Å². The van der Waals surface area contributed by atoms with Crippen molar-refractivity contribution < 1.29 is 18.3 Å². The summed E-state index contributed by atoms with van der Waals surface area (Å²) in [5, 5.41) is 2.94. The number of nitrogen functional groups attached to an aromatic ring is 1. The number of carbonyl (C=O) groups is 1. The monoisotopic (exact) mass is 312 g/mol. The Balaban J connectivity index is 2.08. The second kappa shape index (κ2) is 6.41. The molecule has 0 saturated heterocycles. The number of ether oxygens (including phenoxy) is 1. The molecule has 4 nitrogen and oxygen atoms in total. The van der Waals surface area contributed by atoms with Crippen LogP contribution in [0.15, 0.2) is 42.5 Å². The molecule has 21 heavy (non-hydrogen) atoms. The summed E-state index contributed by atoms with van der Waals surface area (Å²) in [5.74, 6) is -0.401. The fourth-order valence-electron chi connectivity index (χ4n) is 1.67. The molecular formula is C14H11ClF2N2O2. The van der Waals surface area contributed by atoms with Crippen LogP contribution in [0.2, 0.25) is 5.02 Å². The number of hydrogen-bond donors (Lipinski definition) is 2. The van der Waals surface area contributed by atoms with E-state index in [1.54, 1.807) is 0 Å². The quantitative estimate of drug-likeness (QED) is 0.845. The van der Waals surface area contributed by atoms with Crippen molar-refractivity contribution >= 4 is 28.9 Å². The van der Waals surface area contributed by atoms with Crippen LogP contribution in [0.4, 0.5) is 20.2 Å². The number of nitrogens with two attached hydrogens (primary N) is 1. The Kier molecular flexibility index (Phi) is 4.59. The molecule has 0 spiro atoms. The molecule has 0 heterocycles. The smallest absolute Gasteiger partial charge is 0.387 e. The molecule has 0 bridgehead atoms. The summed E-state index contributed by atoms with van der Waals surface area (Å²) in [6.45, 7) is -2.89. The van der Waals surface area contributed by atoms with Crippen LogP contribution in [0.1, 0.15) is 10.4 Å². The summed E-state index contributed by atoms with van der Waals surface area (Å²) < 4.78 is 28.2. The maximum atomic E-state index is 12.0. The Morgan fingerprint density at radius 2 is 1.86 bits per heavy atom. The molecule has 0 radical (unpaired) electrons. The van der Waals surface area contributed by atoms with E-state index in [1.165, 1.54) is 42.5 Å². The Morgan fingerprint density at radius 1 is 1.19 bits per heavy atom. The minimum atomic E-state index is -2.89. The van der Waals surface area contributed by atoms with Crippen LogP contribution in [-0.4, -0.2) is 12.5 Å². The molecule has 110 valence electrons. The highest BCUT2D eigenvalue weighted by molar-refractivity contribution is 6.31. The number of nitrogens with one attached hydrogen (secondary N) is 1. The summed E-state index contributed by atoms with van der Waals surface area (Å²) in [7, 11) is 0. The molecule has 2 rings (SSSR count). The van der Waals surface area contributed by atoms with Crippen molar-refractivity contribution in [2.45, 2.75) is 6.61 Å². The number of carbonyl (C=O) groups excluding carboxylic acids is 1. The molecule has 0 unspecified atom stereocenters. The second-order valence-corrected chi connectivity index (χ2v) is 4.57. The van der Waals surface area contributed by atoms with Crippen molar-refractivity contribution in [2.24, 2.45) is 0 Å². The minimum Gasteiger partial charge on any atom is -0.435 e. The van der Waals surface area contributed by atoms with Crippen molar-refractivity contribution in [1.82, 2.24) is 0 Å². The zero-order chi connectivity index (χ0) is 15.4. The first-order valence-corrected chi connectivity index (χ1v) is 6.24. The Bertz CT molecular complexity index is 628. The molecular weight excluding hydrogens is 302 g/mol. The summed E-state index contributed by atoms with van der Waals surface area (Å²) in [5.41, 5.74) is 6.70. The fourth-order valence-corrected chi connectivity index (χ4v) is 1.91. The van der Waals surface area contributed by atoms with Crippen LogP contribution in [0.5, 0.6) is 5.75 Å². The van der Waals surface area contributed by atoms with E-state index in [0.29, 0.717) is 22.0 Å². The topological polar surface area (TPSA) is 64.4 Å². The summed E-state index contributed by atoms with van der Waals surface area (Å²) in [4.78, 5) is 12.0. The van der Waals surface area contributed by atoms with E-state index < -0.39 is 12.5 Å². The van der Waals surface area contributed by atoms with Gasteiger partial charge in [0.25, 0.3) is 5.91 Å². The molecule has 3 N–H and O–H groups in total. The number of alkyl halides is 2. The predicted molar refractivity (Wildman–Crippen MR) is 76.9 cm³/mol. The lowest BCUT2D eigenvalue weighted by Crippen LogP contribution is -2.12. The van der Waals surface area contributed by atoms with Gasteiger partial charge in [-0.2, -0.15) is 8.78 Å². The van der Waals surface area contributed by atoms with E-state index >= 15 is 0 Å². The van der Waals surface area contributed by atoms with Gasteiger partial charge in [-0.05, 0) is 42.5 Å². The molecule has 0 aliphatic carbocycles. The van der Waals surface area contributed by atoms with Crippen LogP contribution >= 0.6 is 11.6 Å². The van der Waals surface area contributed by atoms with E-state index in [4.69, 9.17) is 17.3 Å². The number of rotatable bonds is 4. The zero-order valence-electron chi connectivity index (χ0n) is 10.6. The van der Waals surface area contributed by atoms with Gasteiger partial charge in [-0.25, -0.2) is 0 Å². The van der Waals surface area contributed by atoms with Crippen molar-refractivity contribution in [1.29, 1.82) is 0 Å². The predicted octanol–water partition coefficient (Wildman–Crippen LogP) is 3.78. The number of anilines is 2. The molecule has 0 fully saturated rings. The number of benzene rings is 2. The Hall–Kier alpha value is -2.34. The zero-order valence-corrected chi connectivity index (χ0v) is 11.4. The van der Waals surface area contributed by atoms with Gasteiger partial charge < -0.3 is 15.8 Å². The largest absolute Gasteiger partial charge is 0.435 e. The second-order valence-electron chi connectivity index (χ2n) is 4.13. The van der Waals surface area contributed by atoms with Gasteiger partial charge in [0.15, 0.2) is 0 Å². The van der Waals surface area contributed by atoms with Gasteiger partial charge in [0, 0.05) is 22.0 Å². The molecule has 0 atom stereocenters. The van der Waals surface area contributed by atoms with E-state index in [9.17, 15) is 13.6 Å². The summed E-state index contributed by atoms with van der Waals surface area (Å²) in [6.07, 6.45) is 0. The lowest BCUT2D eigenvalue weighted by molar-refractivity contribution is -0.0498. The van der Waals surface area contributed by atoms with Crippen LogP contribution in [0.25, 0.3) is 0 Å². The first kappa shape index (κ1) is 15.1. The standard InChI is InChI=1S/C14H11ClF2N2O2/c15-9-5-8(6-10(18)7-9)13(20)19-11-1-3-12(4-2-11)21-14(16)17/h1-7,14H,18H2,(H,19,20). The summed E-state index contributed by atoms with van der Waals surface area (Å²) >= 11 is 5.82. The van der Waals surface area contributed by atoms with E-state index in [0.717, 1.165) is 0 Å². The molecule has 1 amide bonds. The van der Waals surface area contributed by atoms with E-state index in [-0.39, 0.29) is 5.75 Å². The maximum absolute atomic E-state index is 12.0. The maximum Gasteiger partial charge on any atom is 0.387 e. The Morgan fingerprint density at radius 3 is 2.43 bits per heavy atom. The SMILES string of the molecule is Nc1cc(Cl)cc(C(=O)Nc2ccc(OC(F)F)cc2)c1. The first-order valence-electron chi connectivity index (χ1n) is 5.86. The highest BCUT2D eigenvalue weighted by Crippen LogP contribution is 2.20. The van der Waals surface area contributed by atoms with Gasteiger partial charge in [-0.3, -0.25) is 4.79 Å². The number of amides is 1. The van der Waals surface area contributed by atoms with Gasteiger partial charge >= 0.3 is 6.61 Å². The van der Waals surface area contributed by atoms with Crippen molar-refractivity contribution in [3.8, 4) is 5.75 Å². The minimum absolute atomic E-state index is 0.00926. The highest BCUT2D eigenvalue weighted by atomic mass is 35.5. The molecule has 0 saturated carbocycles. The lowest BCUT2D eigenvalue weighted by atomic mass is 10.2. The Labute approximate surface area is 124 Å². The molecule has 7 heteroatoms.